The van der Waals surface area contributed by atoms with Crippen molar-refractivity contribution < 1.29 is 19.0 Å². The molecule has 2 aromatic rings. The van der Waals surface area contributed by atoms with Gasteiger partial charge in [0, 0.05) is 25.7 Å². The number of rotatable bonds is 5. The van der Waals surface area contributed by atoms with Crippen molar-refractivity contribution >= 4 is 5.91 Å². The number of amides is 1. The highest BCUT2D eigenvalue weighted by Gasteiger charge is 2.39. The van der Waals surface area contributed by atoms with Gasteiger partial charge in [0.05, 0.1) is 31.5 Å². The number of carbonyl (C=O) groups excluding carboxylic acids is 1. The molecule has 1 fully saturated rings. The van der Waals surface area contributed by atoms with Crippen molar-refractivity contribution in [3.63, 3.8) is 0 Å². The number of aliphatic hydroxyl groups is 1. The summed E-state index contributed by atoms with van der Waals surface area (Å²) in [4.78, 5) is 14.3. The van der Waals surface area contributed by atoms with E-state index in [1.54, 1.807) is 40.2 Å². The molecule has 3 rings (SSSR count). The molecular formula is C18H22FN3O3. The van der Waals surface area contributed by atoms with E-state index in [0.717, 1.165) is 0 Å². The van der Waals surface area contributed by atoms with Gasteiger partial charge in [-0.15, -0.1) is 0 Å². The fraction of sp³-hybridized carbons (Fsp3) is 0.444. The van der Waals surface area contributed by atoms with Crippen LogP contribution in [-0.4, -0.2) is 57.6 Å². The van der Waals surface area contributed by atoms with Crippen molar-refractivity contribution in [2.75, 3.05) is 26.3 Å². The van der Waals surface area contributed by atoms with Crippen molar-refractivity contribution in [1.29, 1.82) is 0 Å². The summed E-state index contributed by atoms with van der Waals surface area (Å²) in [6.45, 7) is 3.26. The van der Waals surface area contributed by atoms with Gasteiger partial charge in [0.2, 0.25) is 0 Å². The SMILES string of the molecule is CCn1cc(C(=O)N2CCOC(CO)(Cc3ccccc3F)C2)cn1. The van der Waals surface area contributed by atoms with E-state index in [1.807, 2.05) is 6.92 Å². The summed E-state index contributed by atoms with van der Waals surface area (Å²) in [6, 6.07) is 6.41. The lowest BCUT2D eigenvalue weighted by molar-refractivity contribution is -0.123. The zero-order valence-electron chi connectivity index (χ0n) is 14.2. The first-order chi connectivity index (χ1) is 12.1. The quantitative estimate of drug-likeness (QED) is 0.890. The molecule has 0 bridgehead atoms. The molecule has 134 valence electrons. The van der Waals surface area contributed by atoms with Gasteiger partial charge in [0.25, 0.3) is 5.91 Å². The number of morpholine rings is 1. The topological polar surface area (TPSA) is 67.6 Å². The number of aliphatic hydroxyl groups excluding tert-OH is 1. The van der Waals surface area contributed by atoms with Crippen molar-refractivity contribution in [3.05, 3.63) is 53.6 Å². The molecule has 1 aromatic heterocycles. The third-order valence-corrected chi connectivity index (χ3v) is 4.50. The highest BCUT2D eigenvalue weighted by molar-refractivity contribution is 5.93. The van der Waals surface area contributed by atoms with Crippen molar-refractivity contribution in [2.45, 2.75) is 25.5 Å². The molecule has 1 amide bonds. The van der Waals surface area contributed by atoms with Crippen LogP contribution in [0.4, 0.5) is 4.39 Å². The van der Waals surface area contributed by atoms with Crippen molar-refractivity contribution in [2.24, 2.45) is 0 Å². The lowest BCUT2D eigenvalue weighted by Crippen LogP contribution is -2.56. The lowest BCUT2D eigenvalue weighted by atomic mass is 9.92. The molecule has 1 aliphatic heterocycles. The third-order valence-electron chi connectivity index (χ3n) is 4.50. The average molecular weight is 347 g/mol. The number of hydrogen-bond donors (Lipinski definition) is 1. The van der Waals surface area contributed by atoms with Gasteiger partial charge in [-0.25, -0.2) is 4.39 Å². The standard InChI is InChI=1S/C18H22FN3O3/c1-2-22-11-15(10-20-22)17(24)21-7-8-25-18(12-21,13-23)9-14-5-3-4-6-16(14)19/h3-6,10-11,23H,2,7-9,12-13H2,1H3. The van der Waals surface area contributed by atoms with Crippen LogP contribution in [0.15, 0.2) is 36.7 Å². The molecule has 6 nitrogen and oxygen atoms in total. The maximum Gasteiger partial charge on any atom is 0.257 e. The van der Waals surface area contributed by atoms with E-state index in [-0.39, 0.29) is 31.3 Å². The maximum absolute atomic E-state index is 14.0. The average Bonchev–Trinajstić information content (AvgIpc) is 3.12. The van der Waals surface area contributed by atoms with Gasteiger partial charge in [-0.3, -0.25) is 9.48 Å². The summed E-state index contributed by atoms with van der Waals surface area (Å²) in [5, 5.41) is 14.0. The summed E-state index contributed by atoms with van der Waals surface area (Å²) in [6.07, 6.45) is 3.45. The first kappa shape index (κ1) is 17.6. The normalized spacial score (nSPS) is 20.7. The maximum atomic E-state index is 14.0. The first-order valence-electron chi connectivity index (χ1n) is 8.37. The monoisotopic (exact) mass is 347 g/mol. The van der Waals surface area contributed by atoms with Gasteiger partial charge < -0.3 is 14.7 Å². The van der Waals surface area contributed by atoms with Crippen LogP contribution in [0.3, 0.4) is 0 Å². The summed E-state index contributed by atoms with van der Waals surface area (Å²) in [5.41, 5.74) is -0.0391. The lowest BCUT2D eigenvalue weighted by Gasteiger charge is -2.41. The Morgan fingerprint density at radius 3 is 2.92 bits per heavy atom. The van der Waals surface area contributed by atoms with Crippen LogP contribution >= 0.6 is 0 Å². The van der Waals surface area contributed by atoms with Gasteiger partial charge in [-0.05, 0) is 18.6 Å². The number of benzene rings is 1. The molecule has 25 heavy (non-hydrogen) atoms. The molecule has 0 radical (unpaired) electrons. The summed E-state index contributed by atoms with van der Waals surface area (Å²) in [5.74, 6) is -0.499. The minimum atomic E-state index is -1.00. The first-order valence-corrected chi connectivity index (χ1v) is 8.37. The Labute approximate surface area is 145 Å². The fourth-order valence-electron chi connectivity index (χ4n) is 3.10. The van der Waals surface area contributed by atoms with Gasteiger partial charge >= 0.3 is 0 Å². The second kappa shape index (κ2) is 7.33. The molecule has 2 heterocycles. The Kier molecular flexibility index (Phi) is 5.15. The van der Waals surface area contributed by atoms with E-state index < -0.39 is 5.60 Å². The summed E-state index contributed by atoms with van der Waals surface area (Å²) in [7, 11) is 0. The Hall–Kier alpha value is -2.25. The molecule has 1 saturated heterocycles. The second-order valence-electron chi connectivity index (χ2n) is 6.27. The zero-order chi connectivity index (χ0) is 17.9. The van der Waals surface area contributed by atoms with E-state index in [9.17, 15) is 14.3 Å². The molecule has 1 aromatic carbocycles. The van der Waals surface area contributed by atoms with Gasteiger partial charge in [-0.2, -0.15) is 5.10 Å². The van der Waals surface area contributed by atoms with E-state index in [1.165, 1.54) is 6.07 Å². The fourth-order valence-corrected chi connectivity index (χ4v) is 3.10. The Morgan fingerprint density at radius 2 is 2.24 bits per heavy atom. The van der Waals surface area contributed by atoms with Crippen LogP contribution in [0.2, 0.25) is 0 Å². The molecular weight excluding hydrogens is 325 g/mol. The molecule has 0 aliphatic carbocycles. The molecule has 1 aliphatic rings. The summed E-state index contributed by atoms with van der Waals surface area (Å²) < 4.78 is 21.5. The van der Waals surface area contributed by atoms with Crippen molar-refractivity contribution in [3.8, 4) is 0 Å². The van der Waals surface area contributed by atoms with Crippen LogP contribution in [-0.2, 0) is 17.7 Å². The highest BCUT2D eigenvalue weighted by Crippen LogP contribution is 2.25. The van der Waals surface area contributed by atoms with Gasteiger partial charge in [-0.1, -0.05) is 18.2 Å². The minimum absolute atomic E-state index is 0.158. The molecule has 0 spiro atoms. The number of halogens is 1. The van der Waals surface area contributed by atoms with E-state index in [0.29, 0.717) is 30.8 Å². The number of ether oxygens (including phenoxy) is 1. The van der Waals surface area contributed by atoms with Crippen LogP contribution in [0, 0.1) is 5.82 Å². The number of aryl methyl sites for hydroxylation is 1. The Bertz CT molecular complexity index is 749. The van der Waals surface area contributed by atoms with Crippen molar-refractivity contribution in [1.82, 2.24) is 14.7 Å². The number of nitrogens with zero attached hydrogens (tertiary/aromatic N) is 3. The van der Waals surface area contributed by atoms with Crippen LogP contribution < -0.4 is 0 Å². The number of hydrogen-bond acceptors (Lipinski definition) is 4. The number of carbonyl (C=O) groups is 1. The minimum Gasteiger partial charge on any atom is -0.393 e. The van der Waals surface area contributed by atoms with Crippen LogP contribution in [0.25, 0.3) is 0 Å². The number of aromatic nitrogens is 2. The van der Waals surface area contributed by atoms with E-state index >= 15 is 0 Å². The molecule has 7 heteroatoms. The van der Waals surface area contributed by atoms with E-state index in [2.05, 4.69) is 5.10 Å². The third kappa shape index (κ3) is 3.72. The highest BCUT2D eigenvalue weighted by atomic mass is 19.1. The van der Waals surface area contributed by atoms with Gasteiger partial charge in [0.1, 0.15) is 11.4 Å². The Morgan fingerprint density at radius 1 is 1.44 bits per heavy atom. The molecule has 1 unspecified atom stereocenters. The smallest absolute Gasteiger partial charge is 0.257 e. The van der Waals surface area contributed by atoms with Gasteiger partial charge in [0.15, 0.2) is 0 Å². The van der Waals surface area contributed by atoms with Crippen LogP contribution in [0.5, 0.6) is 0 Å². The zero-order valence-corrected chi connectivity index (χ0v) is 14.2. The predicted octanol–water partition coefficient (Wildman–Crippen LogP) is 1.49. The second-order valence-corrected chi connectivity index (χ2v) is 6.27. The predicted molar refractivity (Wildman–Crippen MR) is 89.7 cm³/mol. The molecule has 0 saturated carbocycles. The largest absolute Gasteiger partial charge is 0.393 e. The Balaban J connectivity index is 1.78. The summed E-state index contributed by atoms with van der Waals surface area (Å²) >= 11 is 0. The van der Waals surface area contributed by atoms with E-state index in [4.69, 9.17) is 4.74 Å². The molecule has 1 N–H and O–H groups in total. The molecule has 1 atom stereocenters. The van der Waals surface area contributed by atoms with Crippen LogP contribution in [0.1, 0.15) is 22.8 Å².